The largest absolute Gasteiger partial charge is 0.500 e. The molecule has 0 aliphatic heterocycles. The van der Waals surface area contributed by atoms with Gasteiger partial charge in [0.1, 0.15) is 31.8 Å². The number of carbonyl (C=O) groups is 4. The Balaban J connectivity index is 4.91. The van der Waals surface area contributed by atoms with Gasteiger partial charge in [0.05, 0.1) is 0 Å². The van der Waals surface area contributed by atoms with E-state index in [2.05, 4.69) is 5.32 Å². The van der Waals surface area contributed by atoms with Crippen LogP contribution in [0.25, 0.3) is 0 Å². The van der Waals surface area contributed by atoms with E-state index in [1.165, 1.54) is 21.3 Å². The van der Waals surface area contributed by atoms with E-state index in [1.807, 2.05) is 0 Å². The third kappa shape index (κ3) is 11.8. The highest BCUT2D eigenvalue weighted by atomic mass is 28.4. The maximum absolute atomic E-state index is 12.0. The Morgan fingerprint density at radius 3 is 1.48 bits per heavy atom. The molecule has 0 saturated heterocycles. The van der Waals surface area contributed by atoms with E-state index in [0.29, 0.717) is 12.5 Å². The Labute approximate surface area is 180 Å². The fourth-order valence-electron chi connectivity index (χ4n) is 2.24. The van der Waals surface area contributed by atoms with Crippen molar-refractivity contribution in [3.8, 4) is 0 Å². The number of amides is 4. The molecule has 0 heterocycles. The highest BCUT2D eigenvalue weighted by Gasteiger charge is 2.38. The summed E-state index contributed by atoms with van der Waals surface area (Å²) in [4.78, 5) is 45.0. The first-order valence-electron chi connectivity index (χ1n) is 8.86. The Bertz CT molecular complexity index is 550. The van der Waals surface area contributed by atoms with Crippen molar-refractivity contribution in [1.29, 1.82) is 0 Å². The van der Waals surface area contributed by atoms with E-state index in [-0.39, 0.29) is 6.54 Å². The van der Waals surface area contributed by atoms with Crippen LogP contribution in [0.2, 0.25) is 6.04 Å². The van der Waals surface area contributed by atoms with Gasteiger partial charge < -0.3 is 54.7 Å². The van der Waals surface area contributed by atoms with Crippen LogP contribution in [0.4, 0.5) is 19.2 Å². The number of nitrogens with two attached hydrogens (primary N) is 3. The summed E-state index contributed by atoms with van der Waals surface area (Å²) in [5, 5.41) is 2.49. The average molecular weight is 471 g/mol. The van der Waals surface area contributed by atoms with Gasteiger partial charge in [-0.1, -0.05) is 0 Å². The zero-order chi connectivity index (χ0) is 23.9. The van der Waals surface area contributed by atoms with E-state index in [0.717, 1.165) is 0 Å². The summed E-state index contributed by atoms with van der Waals surface area (Å²) in [7, 11) is 1.63. The van der Waals surface area contributed by atoms with Crippen molar-refractivity contribution in [2.45, 2.75) is 12.5 Å². The molecule has 15 nitrogen and oxygen atoms in total. The maximum Gasteiger partial charge on any atom is 0.500 e. The monoisotopic (exact) mass is 470 g/mol. The summed E-state index contributed by atoms with van der Waals surface area (Å²) in [5.41, 5.74) is 13.3. The molecule has 0 unspecified atom stereocenters. The molecule has 31 heavy (non-hydrogen) atoms. The average Bonchev–Trinajstić information content (AvgIpc) is 2.73. The lowest BCUT2D eigenvalue weighted by Gasteiger charge is -2.30. The first-order chi connectivity index (χ1) is 14.5. The van der Waals surface area contributed by atoms with Crippen molar-refractivity contribution in [1.82, 2.24) is 5.32 Å². The third-order valence-electron chi connectivity index (χ3n) is 3.93. The number of nitrogens with one attached hydrogen (secondary N) is 1. The number of ether oxygens (including phenoxy) is 4. The minimum atomic E-state index is -2.78. The fraction of sp³-hybridized carbons (Fsp3) is 0.733. The smallest absolute Gasteiger partial charge is 0.449 e. The van der Waals surface area contributed by atoms with Crippen molar-refractivity contribution in [2.24, 2.45) is 22.6 Å². The predicted molar refractivity (Wildman–Crippen MR) is 105 cm³/mol. The summed E-state index contributed by atoms with van der Waals surface area (Å²) in [6, 6.07) is 0.437. The zero-order valence-electron chi connectivity index (χ0n) is 17.7. The molecule has 0 aliphatic carbocycles. The maximum atomic E-state index is 12.0. The van der Waals surface area contributed by atoms with Crippen molar-refractivity contribution >= 4 is 33.2 Å². The Hall–Kier alpha value is -2.82. The van der Waals surface area contributed by atoms with Crippen LogP contribution < -0.4 is 22.5 Å². The van der Waals surface area contributed by atoms with Crippen molar-refractivity contribution in [3.05, 3.63) is 0 Å². The standard InChI is InChI=1S/C15H30N4O11Si/c1-24-31(25-2,26-3)6-4-5-19-14(23)30-10-15(7-27-11(16)20,8-28-12(17)21)9-29-13(18)22/h4-10H2,1-3H3,(H2,16,20)(H2,17,21)(H2,18,22)(H,19,23). The van der Waals surface area contributed by atoms with Crippen LogP contribution in [-0.2, 0) is 32.2 Å². The lowest BCUT2D eigenvalue weighted by Crippen LogP contribution is -2.46. The summed E-state index contributed by atoms with van der Waals surface area (Å²) in [5.74, 6) is 0. The molecular formula is C15H30N4O11Si. The van der Waals surface area contributed by atoms with Gasteiger partial charge in [-0.2, -0.15) is 0 Å². The Kier molecular flexibility index (Phi) is 12.9. The SMILES string of the molecule is CO[Si](CCCNC(=O)OCC(COC(N)=O)(COC(N)=O)COC(N)=O)(OC)OC. The van der Waals surface area contributed by atoms with E-state index < -0.39 is 65.0 Å². The second kappa shape index (κ2) is 14.2. The third-order valence-corrected chi connectivity index (χ3v) is 6.77. The van der Waals surface area contributed by atoms with Crippen molar-refractivity contribution in [3.63, 3.8) is 0 Å². The summed E-state index contributed by atoms with van der Waals surface area (Å²) >= 11 is 0. The molecule has 0 aliphatic rings. The highest BCUT2D eigenvalue weighted by Crippen LogP contribution is 2.21. The fourth-order valence-corrected chi connectivity index (χ4v) is 3.97. The van der Waals surface area contributed by atoms with Gasteiger partial charge in [-0.15, -0.1) is 0 Å². The number of hydrogen-bond acceptors (Lipinski definition) is 11. The number of primary amides is 3. The molecule has 0 aromatic heterocycles. The van der Waals surface area contributed by atoms with E-state index in [1.54, 1.807) is 0 Å². The summed E-state index contributed by atoms with van der Waals surface area (Å²) < 4.78 is 35.0. The van der Waals surface area contributed by atoms with Gasteiger partial charge in [-0.3, -0.25) is 0 Å². The first-order valence-corrected chi connectivity index (χ1v) is 10.8. The van der Waals surface area contributed by atoms with Crippen LogP contribution in [0.1, 0.15) is 6.42 Å². The molecule has 0 spiro atoms. The lowest BCUT2D eigenvalue weighted by molar-refractivity contribution is -0.0454. The normalized spacial score (nSPS) is 11.3. The molecule has 180 valence electrons. The molecule has 0 aromatic rings. The van der Waals surface area contributed by atoms with Crippen LogP contribution in [0.3, 0.4) is 0 Å². The van der Waals surface area contributed by atoms with Gasteiger partial charge in [-0.25, -0.2) is 19.2 Å². The number of hydrogen-bond donors (Lipinski definition) is 4. The van der Waals surface area contributed by atoms with Gasteiger partial charge in [-0.05, 0) is 6.42 Å². The second-order valence-corrected chi connectivity index (χ2v) is 9.32. The van der Waals surface area contributed by atoms with E-state index in [9.17, 15) is 19.2 Å². The molecular weight excluding hydrogens is 440 g/mol. The first kappa shape index (κ1) is 28.2. The van der Waals surface area contributed by atoms with Crippen molar-refractivity contribution in [2.75, 3.05) is 54.3 Å². The Morgan fingerprint density at radius 2 is 1.13 bits per heavy atom. The molecule has 0 aromatic carbocycles. The molecule has 0 atom stereocenters. The van der Waals surface area contributed by atoms with Gasteiger partial charge in [0.15, 0.2) is 0 Å². The topological polar surface area (TPSA) is 223 Å². The quantitative estimate of drug-likeness (QED) is 0.132. The van der Waals surface area contributed by atoms with Crippen LogP contribution in [0, 0.1) is 5.41 Å². The zero-order valence-corrected chi connectivity index (χ0v) is 18.7. The molecule has 4 amide bonds. The summed E-state index contributed by atoms with van der Waals surface area (Å²) in [6.07, 6.45) is -3.86. The second-order valence-electron chi connectivity index (χ2n) is 6.22. The van der Waals surface area contributed by atoms with Crippen LogP contribution in [0.5, 0.6) is 0 Å². The van der Waals surface area contributed by atoms with Gasteiger partial charge in [0.2, 0.25) is 0 Å². The number of alkyl carbamates (subject to hydrolysis) is 1. The van der Waals surface area contributed by atoms with Gasteiger partial charge in [0, 0.05) is 33.9 Å². The van der Waals surface area contributed by atoms with Crippen LogP contribution in [0.15, 0.2) is 0 Å². The highest BCUT2D eigenvalue weighted by molar-refractivity contribution is 6.60. The molecule has 0 rings (SSSR count). The lowest BCUT2D eigenvalue weighted by atomic mass is 9.92. The van der Waals surface area contributed by atoms with E-state index >= 15 is 0 Å². The molecule has 16 heteroatoms. The number of carbonyl (C=O) groups excluding carboxylic acids is 4. The van der Waals surface area contributed by atoms with Crippen LogP contribution in [-0.4, -0.2) is 87.5 Å². The van der Waals surface area contributed by atoms with Gasteiger partial charge in [0.25, 0.3) is 0 Å². The molecule has 0 saturated carbocycles. The minimum Gasteiger partial charge on any atom is -0.449 e. The van der Waals surface area contributed by atoms with Crippen molar-refractivity contribution < 1.29 is 51.4 Å². The van der Waals surface area contributed by atoms with E-state index in [4.69, 9.17) is 49.4 Å². The molecule has 0 fully saturated rings. The van der Waals surface area contributed by atoms with Crippen LogP contribution >= 0.6 is 0 Å². The molecule has 0 radical (unpaired) electrons. The predicted octanol–water partition coefficient (Wildman–Crippen LogP) is -0.747. The molecule has 0 bridgehead atoms. The summed E-state index contributed by atoms with van der Waals surface area (Å²) in [6.45, 7) is -1.89. The molecule has 7 N–H and O–H groups in total. The minimum absolute atomic E-state index is 0.198. The number of rotatable bonds is 15. The van der Waals surface area contributed by atoms with Gasteiger partial charge >= 0.3 is 33.2 Å². The Morgan fingerprint density at radius 1 is 0.742 bits per heavy atom.